The molecule has 0 saturated carbocycles. The number of hydrogen-bond acceptors (Lipinski definition) is 4. The number of nitrogens with zero attached hydrogens (tertiary/aromatic N) is 2. The second-order valence-electron chi connectivity index (χ2n) is 7.12. The predicted molar refractivity (Wildman–Crippen MR) is 138 cm³/mol. The zero-order valence-electron chi connectivity index (χ0n) is 18.5. The van der Waals surface area contributed by atoms with Crippen LogP contribution in [0.1, 0.15) is 48.3 Å². The third kappa shape index (κ3) is 8.59. The maximum absolute atomic E-state index is 12.1. The van der Waals surface area contributed by atoms with E-state index in [9.17, 15) is 4.79 Å². The number of amides is 1. The minimum absolute atomic E-state index is 0. The number of aliphatic imine (C=N–C) groups is 1. The molecule has 1 amide bonds. The van der Waals surface area contributed by atoms with Crippen molar-refractivity contribution in [3.8, 4) is 0 Å². The number of carbonyl (C=O) groups is 1. The lowest BCUT2D eigenvalue weighted by atomic mass is 10.1. The van der Waals surface area contributed by atoms with Crippen LogP contribution in [0.25, 0.3) is 0 Å². The molecule has 0 aliphatic carbocycles. The van der Waals surface area contributed by atoms with Gasteiger partial charge in [-0.2, -0.15) is 0 Å². The summed E-state index contributed by atoms with van der Waals surface area (Å²) in [5.41, 5.74) is 2.98. The van der Waals surface area contributed by atoms with E-state index in [4.69, 9.17) is 0 Å². The highest BCUT2D eigenvalue weighted by Gasteiger charge is 2.10. The van der Waals surface area contributed by atoms with Crippen LogP contribution >= 0.6 is 35.3 Å². The number of benzene rings is 1. The topological polar surface area (TPSA) is 78.4 Å². The van der Waals surface area contributed by atoms with Crippen molar-refractivity contribution in [3.05, 3.63) is 45.4 Å². The molecule has 0 aliphatic heterocycles. The van der Waals surface area contributed by atoms with E-state index < -0.39 is 0 Å². The summed E-state index contributed by atoms with van der Waals surface area (Å²) >= 11 is 1.75. The molecule has 166 valence electrons. The third-order valence-electron chi connectivity index (χ3n) is 4.72. The van der Waals surface area contributed by atoms with Crippen LogP contribution in [0.4, 0.5) is 5.69 Å². The van der Waals surface area contributed by atoms with Crippen LogP contribution in [-0.2, 0) is 17.8 Å². The summed E-state index contributed by atoms with van der Waals surface area (Å²) in [4.78, 5) is 22.6. The molecule has 0 fully saturated rings. The fraction of sp³-hybridized carbons (Fsp3) is 0.500. The van der Waals surface area contributed by atoms with Crippen LogP contribution in [0.5, 0.6) is 0 Å². The van der Waals surface area contributed by atoms with E-state index >= 15 is 0 Å². The molecule has 1 heterocycles. The molecule has 0 spiro atoms. The summed E-state index contributed by atoms with van der Waals surface area (Å²) in [6.07, 6.45) is 1.70. The van der Waals surface area contributed by atoms with E-state index in [0.717, 1.165) is 53.8 Å². The van der Waals surface area contributed by atoms with Gasteiger partial charge in [0.2, 0.25) is 5.91 Å². The molecule has 1 aromatic carbocycles. The highest BCUT2D eigenvalue weighted by Crippen LogP contribution is 2.16. The summed E-state index contributed by atoms with van der Waals surface area (Å²) in [5, 5.41) is 10.8. The molecular formula is C22H34IN5OS. The fourth-order valence-corrected chi connectivity index (χ4v) is 3.58. The van der Waals surface area contributed by atoms with E-state index in [0.29, 0.717) is 6.54 Å². The number of rotatable bonds is 9. The van der Waals surface area contributed by atoms with Crippen LogP contribution in [-0.4, -0.2) is 29.9 Å². The summed E-state index contributed by atoms with van der Waals surface area (Å²) < 4.78 is 0. The van der Waals surface area contributed by atoms with Gasteiger partial charge >= 0.3 is 0 Å². The summed E-state index contributed by atoms with van der Waals surface area (Å²) in [6.45, 7) is 12.3. The first-order valence-corrected chi connectivity index (χ1v) is 11.1. The first-order valence-electron chi connectivity index (χ1n) is 10.3. The maximum atomic E-state index is 12.1. The molecule has 0 saturated heterocycles. The Labute approximate surface area is 201 Å². The van der Waals surface area contributed by atoms with Gasteiger partial charge in [-0.05, 0) is 44.9 Å². The molecule has 0 radical (unpaired) electrons. The number of anilines is 1. The van der Waals surface area contributed by atoms with Crippen LogP contribution in [0.3, 0.4) is 0 Å². The normalized spacial score (nSPS) is 12.1. The van der Waals surface area contributed by atoms with Crippen molar-refractivity contribution in [2.45, 2.75) is 54.0 Å². The average molecular weight is 544 g/mol. The van der Waals surface area contributed by atoms with E-state index in [1.165, 1.54) is 4.88 Å². The lowest BCUT2D eigenvalue weighted by molar-refractivity contribution is -0.119. The number of aryl methyl sites for hydroxylation is 2. The molecule has 6 nitrogen and oxygen atoms in total. The molecule has 2 aromatic rings. The van der Waals surface area contributed by atoms with Gasteiger partial charge in [-0.25, -0.2) is 9.98 Å². The third-order valence-corrected chi connectivity index (χ3v) is 5.86. The summed E-state index contributed by atoms with van der Waals surface area (Å²) in [6, 6.07) is 7.86. The Hall–Kier alpha value is -1.68. The van der Waals surface area contributed by atoms with E-state index in [1.54, 1.807) is 11.3 Å². The Morgan fingerprint density at radius 1 is 1.23 bits per heavy atom. The second-order valence-corrected chi connectivity index (χ2v) is 8.41. The van der Waals surface area contributed by atoms with Gasteiger partial charge in [0.15, 0.2) is 5.96 Å². The molecular weight excluding hydrogens is 509 g/mol. The minimum atomic E-state index is 0. The van der Waals surface area contributed by atoms with Crippen molar-refractivity contribution in [2.75, 3.05) is 18.4 Å². The second kappa shape index (κ2) is 13.6. The molecule has 1 atom stereocenters. The first-order chi connectivity index (χ1) is 13.9. The summed E-state index contributed by atoms with van der Waals surface area (Å²) in [7, 11) is 0. The van der Waals surface area contributed by atoms with Gasteiger partial charge < -0.3 is 16.0 Å². The van der Waals surface area contributed by atoms with Gasteiger partial charge in [0.05, 0.1) is 17.2 Å². The van der Waals surface area contributed by atoms with Crippen LogP contribution in [0, 0.1) is 19.8 Å². The Bertz CT molecular complexity index is 817. The SMILES string of the molecule is CCNC(=NCc1cccc(NC(=O)C(C)CC)c1)NCCc1nc(C)c(C)s1.I. The lowest BCUT2D eigenvalue weighted by Crippen LogP contribution is -2.38. The average Bonchev–Trinajstić information content (AvgIpc) is 3.03. The number of aromatic nitrogens is 1. The Morgan fingerprint density at radius 2 is 2.00 bits per heavy atom. The van der Waals surface area contributed by atoms with E-state index in [-0.39, 0.29) is 35.8 Å². The number of hydrogen-bond donors (Lipinski definition) is 3. The van der Waals surface area contributed by atoms with Crippen LogP contribution in [0.15, 0.2) is 29.3 Å². The van der Waals surface area contributed by atoms with Crippen LogP contribution in [0.2, 0.25) is 0 Å². The maximum Gasteiger partial charge on any atom is 0.227 e. The van der Waals surface area contributed by atoms with E-state index in [2.05, 4.69) is 39.8 Å². The molecule has 1 unspecified atom stereocenters. The Kier molecular flexibility index (Phi) is 11.9. The number of thiazole rings is 1. The number of nitrogens with one attached hydrogen (secondary N) is 3. The van der Waals surface area contributed by atoms with Gasteiger partial charge in [0, 0.05) is 36.0 Å². The molecule has 1 aromatic heterocycles. The number of halogens is 1. The van der Waals surface area contributed by atoms with Crippen LogP contribution < -0.4 is 16.0 Å². The molecule has 2 rings (SSSR count). The zero-order chi connectivity index (χ0) is 21.2. The first kappa shape index (κ1) is 26.4. The highest BCUT2D eigenvalue weighted by molar-refractivity contribution is 14.0. The molecule has 8 heteroatoms. The monoisotopic (exact) mass is 543 g/mol. The Balaban J connectivity index is 0.00000450. The largest absolute Gasteiger partial charge is 0.357 e. The van der Waals surface area contributed by atoms with Crippen molar-refractivity contribution in [1.29, 1.82) is 0 Å². The summed E-state index contributed by atoms with van der Waals surface area (Å²) in [5.74, 6) is 0.842. The standard InChI is InChI=1S/C22H33N5OS.HI/c1-6-15(3)21(28)27-19-10-8-9-18(13-19)14-25-22(23-7-2)24-12-11-20-26-16(4)17(5)29-20;/h8-10,13,15H,6-7,11-12,14H2,1-5H3,(H,27,28)(H2,23,24,25);1H. The van der Waals surface area contributed by atoms with Crippen molar-refractivity contribution < 1.29 is 4.79 Å². The lowest BCUT2D eigenvalue weighted by Gasteiger charge is -2.12. The molecule has 0 aliphatic rings. The van der Waals surface area contributed by atoms with Crippen molar-refractivity contribution >= 4 is 52.9 Å². The Morgan fingerprint density at radius 3 is 2.63 bits per heavy atom. The van der Waals surface area contributed by atoms with Gasteiger partial charge in [0.1, 0.15) is 0 Å². The van der Waals surface area contributed by atoms with Crippen molar-refractivity contribution in [3.63, 3.8) is 0 Å². The number of carbonyl (C=O) groups excluding carboxylic acids is 1. The highest BCUT2D eigenvalue weighted by atomic mass is 127. The zero-order valence-corrected chi connectivity index (χ0v) is 21.7. The van der Waals surface area contributed by atoms with Gasteiger partial charge in [-0.3, -0.25) is 4.79 Å². The van der Waals surface area contributed by atoms with Gasteiger partial charge in [-0.15, -0.1) is 35.3 Å². The smallest absolute Gasteiger partial charge is 0.227 e. The fourth-order valence-electron chi connectivity index (χ4n) is 2.64. The van der Waals surface area contributed by atoms with Crippen molar-refractivity contribution in [1.82, 2.24) is 15.6 Å². The molecule has 0 bridgehead atoms. The molecule has 30 heavy (non-hydrogen) atoms. The van der Waals surface area contributed by atoms with Gasteiger partial charge in [0.25, 0.3) is 0 Å². The quantitative estimate of drug-likeness (QED) is 0.244. The predicted octanol–water partition coefficient (Wildman–Crippen LogP) is 4.66. The molecule has 3 N–H and O–H groups in total. The van der Waals surface area contributed by atoms with Gasteiger partial charge in [-0.1, -0.05) is 26.0 Å². The number of guanidine groups is 1. The minimum Gasteiger partial charge on any atom is -0.357 e. The van der Waals surface area contributed by atoms with E-state index in [1.807, 2.05) is 45.0 Å². The van der Waals surface area contributed by atoms with Crippen molar-refractivity contribution in [2.24, 2.45) is 10.9 Å².